The lowest BCUT2D eigenvalue weighted by atomic mass is 10.1. The van der Waals surface area contributed by atoms with Crippen LogP contribution in [0.2, 0.25) is 0 Å². The standard InChI is InChI=1S/C18H15N3O4/c1-11-6-8-12(9-7-11)17-20-21-18(25-17)19-16(22)15-10-23-13-4-2-3-5-14(13)24-15/h2-9,15H,10H2,1H3,(H,19,21,22). The fraction of sp³-hybridized carbons (Fsp3) is 0.167. The highest BCUT2D eigenvalue weighted by Crippen LogP contribution is 2.31. The molecule has 1 unspecified atom stereocenters. The Morgan fingerprint density at radius 2 is 1.84 bits per heavy atom. The molecule has 2 heterocycles. The highest BCUT2D eigenvalue weighted by atomic mass is 16.6. The highest BCUT2D eigenvalue weighted by Gasteiger charge is 2.28. The van der Waals surface area contributed by atoms with Gasteiger partial charge >= 0.3 is 6.01 Å². The Labute approximate surface area is 143 Å². The number of carbonyl (C=O) groups excluding carboxylic acids is 1. The van der Waals surface area contributed by atoms with Crippen molar-refractivity contribution < 1.29 is 18.7 Å². The number of nitrogens with one attached hydrogen (secondary N) is 1. The third-order valence-electron chi connectivity index (χ3n) is 3.75. The molecule has 7 nitrogen and oxygen atoms in total. The van der Waals surface area contributed by atoms with Crippen LogP contribution in [0, 0.1) is 6.92 Å². The summed E-state index contributed by atoms with van der Waals surface area (Å²) < 4.78 is 16.7. The molecule has 1 aromatic heterocycles. The van der Waals surface area contributed by atoms with Gasteiger partial charge in [0.1, 0.15) is 6.61 Å². The molecule has 1 atom stereocenters. The van der Waals surface area contributed by atoms with Gasteiger partial charge in [-0.05, 0) is 31.2 Å². The predicted molar refractivity (Wildman–Crippen MR) is 89.5 cm³/mol. The van der Waals surface area contributed by atoms with Gasteiger partial charge in [-0.15, -0.1) is 5.10 Å². The molecule has 0 aliphatic carbocycles. The van der Waals surface area contributed by atoms with Crippen LogP contribution in [-0.2, 0) is 4.79 Å². The molecular weight excluding hydrogens is 322 g/mol. The largest absolute Gasteiger partial charge is 0.485 e. The Morgan fingerprint density at radius 1 is 1.08 bits per heavy atom. The van der Waals surface area contributed by atoms with Gasteiger partial charge in [-0.3, -0.25) is 10.1 Å². The van der Waals surface area contributed by atoms with Gasteiger partial charge in [0.25, 0.3) is 5.91 Å². The van der Waals surface area contributed by atoms with Gasteiger partial charge < -0.3 is 13.9 Å². The summed E-state index contributed by atoms with van der Waals surface area (Å²) in [5.74, 6) is 1.07. The zero-order valence-corrected chi connectivity index (χ0v) is 13.4. The first-order valence-electron chi connectivity index (χ1n) is 7.79. The lowest BCUT2D eigenvalue weighted by molar-refractivity contribution is -0.125. The number of ether oxygens (including phenoxy) is 2. The summed E-state index contributed by atoms with van der Waals surface area (Å²) in [6, 6.07) is 14.9. The fourth-order valence-corrected chi connectivity index (χ4v) is 2.42. The van der Waals surface area contributed by atoms with Crippen molar-refractivity contribution in [3.63, 3.8) is 0 Å². The van der Waals surface area contributed by atoms with Crippen molar-refractivity contribution in [2.45, 2.75) is 13.0 Å². The minimum absolute atomic E-state index is 0.0167. The Kier molecular flexibility index (Phi) is 3.81. The van der Waals surface area contributed by atoms with E-state index < -0.39 is 12.0 Å². The van der Waals surface area contributed by atoms with E-state index in [1.54, 1.807) is 12.1 Å². The SMILES string of the molecule is Cc1ccc(-c2nnc(NC(=O)C3COc4ccccc4O3)o2)cc1. The molecule has 0 bridgehead atoms. The van der Waals surface area contributed by atoms with E-state index in [0.717, 1.165) is 11.1 Å². The molecule has 126 valence electrons. The quantitative estimate of drug-likeness (QED) is 0.791. The van der Waals surface area contributed by atoms with Crippen molar-refractivity contribution in [3.8, 4) is 23.0 Å². The summed E-state index contributed by atoms with van der Waals surface area (Å²) in [6.07, 6.45) is -0.787. The number of rotatable bonds is 3. The molecule has 4 rings (SSSR count). The average molecular weight is 337 g/mol. The molecule has 25 heavy (non-hydrogen) atoms. The number of para-hydroxylation sites is 2. The Bertz CT molecular complexity index is 905. The Balaban J connectivity index is 1.44. The molecule has 0 saturated carbocycles. The number of benzene rings is 2. The van der Waals surface area contributed by atoms with E-state index in [0.29, 0.717) is 17.4 Å². The molecular formula is C18H15N3O4. The van der Waals surface area contributed by atoms with Crippen molar-refractivity contribution in [1.29, 1.82) is 0 Å². The second kappa shape index (κ2) is 6.27. The maximum absolute atomic E-state index is 12.3. The summed E-state index contributed by atoms with van der Waals surface area (Å²) in [6.45, 7) is 2.11. The minimum atomic E-state index is -0.787. The van der Waals surface area contributed by atoms with E-state index in [1.807, 2.05) is 43.3 Å². The summed E-state index contributed by atoms with van der Waals surface area (Å²) in [7, 11) is 0. The van der Waals surface area contributed by atoms with E-state index in [-0.39, 0.29) is 12.6 Å². The molecule has 0 fully saturated rings. The molecule has 3 aromatic rings. The second-order valence-corrected chi connectivity index (χ2v) is 5.63. The van der Waals surface area contributed by atoms with Gasteiger partial charge in [-0.2, -0.15) is 0 Å². The lowest BCUT2D eigenvalue weighted by Crippen LogP contribution is -2.40. The number of aryl methyl sites for hydroxylation is 1. The van der Waals surface area contributed by atoms with Gasteiger partial charge in [-0.25, -0.2) is 0 Å². The van der Waals surface area contributed by atoms with Crippen LogP contribution in [0.25, 0.3) is 11.5 Å². The van der Waals surface area contributed by atoms with Crippen molar-refractivity contribution in [3.05, 3.63) is 54.1 Å². The van der Waals surface area contributed by atoms with Crippen molar-refractivity contribution in [2.75, 3.05) is 11.9 Å². The molecule has 0 radical (unpaired) electrons. The molecule has 1 aliphatic rings. The molecule has 0 saturated heterocycles. The average Bonchev–Trinajstić information content (AvgIpc) is 3.10. The monoisotopic (exact) mass is 337 g/mol. The van der Waals surface area contributed by atoms with E-state index in [1.165, 1.54) is 0 Å². The van der Waals surface area contributed by atoms with E-state index >= 15 is 0 Å². The fourth-order valence-electron chi connectivity index (χ4n) is 2.42. The molecule has 0 spiro atoms. The van der Waals surface area contributed by atoms with Crippen LogP contribution in [0.4, 0.5) is 6.01 Å². The number of hydrogen-bond acceptors (Lipinski definition) is 6. The maximum atomic E-state index is 12.3. The number of amides is 1. The second-order valence-electron chi connectivity index (χ2n) is 5.63. The van der Waals surface area contributed by atoms with Crippen LogP contribution in [0.3, 0.4) is 0 Å². The topological polar surface area (TPSA) is 86.5 Å². The summed E-state index contributed by atoms with van der Waals surface area (Å²) >= 11 is 0. The lowest BCUT2D eigenvalue weighted by Gasteiger charge is -2.24. The first kappa shape index (κ1) is 15.2. The normalized spacial score (nSPS) is 15.6. The van der Waals surface area contributed by atoms with Gasteiger partial charge in [-0.1, -0.05) is 34.9 Å². The minimum Gasteiger partial charge on any atom is -0.485 e. The number of nitrogens with zero attached hydrogens (tertiary/aromatic N) is 2. The van der Waals surface area contributed by atoms with Crippen molar-refractivity contribution in [1.82, 2.24) is 10.2 Å². The van der Waals surface area contributed by atoms with Crippen LogP contribution in [0.5, 0.6) is 11.5 Å². The highest BCUT2D eigenvalue weighted by molar-refractivity contribution is 5.93. The van der Waals surface area contributed by atoms with E-state index in [2.05, 4.69) is 15.5 Å². The zero-order valence-electron chi connectivity index (χ0n) is 13.4. The summed E-state index contributed by atoms with van der Waals surface area (Å²) in [4.78, 5) is 12.3. The van der Waals surface area contributed by atoms with Crippen LogP contribution >= 0.6 is 0 Å². The maximum Gasteiger partial charge on any atom is 0.322 e. The van der Waals surface area contributed by atoms with Gasteiger partial charge in [0, 0.05) is 5.56 Å². The first-order chi connectivity index (χ1) is 12.2. The molecule has 7 heteroatoms. The third-order valence-corrected chi connectivity index (χ3v) is 3.75. The molecule has 1 N–H and O–H groups in total. The van der Waals surface area contributed by atoms with Crippen molar-refractivity contribution in [2.24, 2.45) is 0 Å². The Morgan fingerprint density at radius 3 is 2.64 bits per heavy atom. The van der Waals surface area contributed by atoms with Crippen LogP contribution in [0.1, 0.15) is 5.56 Å². The van der Waals surface area contributed by atoms with Crippen LogP contribution in [0.15, 0.2) is 52.9 Å². The zero-order chi connectivity index (χ0) is 17.2. The Hall–Kier alpha value is -3.35. The molecule has 2 aromatic carbocycles. The van der Waals surface area contributed by atoms with E-state index in [4.69, 9.17) is 13.9 Å². The van der Waals surface area contributed by atoms with Gasteiger partial charge in [0.2, 0.25) is 12.0 Å². The summed E-state index contributed by atoms with van der Waals surface area (Å²) in [5.41, 5.74) is 1.91. The van der Waals surface area contributed by atoms with Gasteiger partial charge in [0.15, 0.2) is 11.5 Å². The number of anilines is 1. The third kappa shape index (κ3) is 3.16. The number of fused-ring (bicyclic) bond motifs is 1. The van der Waals surface area contributed by atoms with Crippen LogP contribution in [-0.4, -0.2) is 28.8 Å². The number of aromatic nitrogens is 2. The molecule has 1 amide bonds. The number of carbonyl (C=O) groups is 1. The van der Waals surface area contributed by atoms with Crippen molar-refractivity contribution >= 4 is 11.9 Å². The number of hydrogen-bond donors (Lipinski definition) is 1. The van der Waals surface area contributed by atoms with Gasteiger partial charge in [0.05, 0.1) is 0 Å². The first-order valence-corrected chi connectivity index (χ1v) is 7.79. The van der Waals surface area contributed by atoms with E-state index in [9.17, 15) is 4.79 Å². The summed E-state index contributed by atoms with van der Waals surface area (Å²) in [5, 5.41) is 10.4. The molecule has 1 aliphatic heterocycles. The smallest absolute Gasteiger partial charge is 0.322 e. The van der Waals surface area contributed by atoms with Crippen LogP contribution < -0.4 is 14.8 Å². The predicted octanol–water partition coefficient (Wildman–Crippen LogP) is 2.82.